The minimum absolute atomic E-state index is 0.0817. The van der Waals surface area contributed by atoms with Gasteiger partial charge in [0.1, 0.15) is 10.6 Å². The molecule has 0 unspecified atom stereocenters. The van der Waals surface area contributed by atoms with Gasteiger partial charge in [0.2, 0.25) is 0 Å². The van der Waals surface area contributed by atoms with Crippen molar-refractivity contribution in [2.45, 2.75) is 11.8 Å². The highest BCUT2D eigenvalue weighted by atomic mass is 32.2. The Hall–Kier alpha value is -2.01. The molecule has 0 atom stereocenters. The minimum Gasteiger partial charge on any atom is -0.399 e. The molecule has 0 heterocycles. The Balaban J connectivity index is 2.30. The molecule has 94 valence electrons. The third kappa shape index (κ3) is 2.81. The number of aryl methyl sites for hydroxylation is 1. The Bertz CT molecular complexity index is 648. The smallest absolute Gasteiger partial charge is 0.339 e. The van der Waals surface area contributed by atoms with Crippen LogP contribution in [0.1, 0.15) is 5.56 Å². The normalized spacial score (nSPS) is 11.2. The summed E-state index contributed by atoms with van der Waals surface area (Å²) in [5.74, 6) is 0.298. The molecule has 2 aromatic rings. The molecule has 2 N–H and O–H groups in total. The zero-order valence-electron chi connectivity index (χ0n) is 9.83. The number of hydrogen-bond acceptors (Lipinski definition) is 4. The van der Waals surface area contributed by atoms with Crippen LogP contribution in [0.25, 0.3) is 0 Å². The summed E-state index contributed by atoms with van der Waals surface area (Å²) in [5, 5.41) is 0. The third-order valence-corrected chi connectivity index (χ3v) is 3.63. The van der Waals surface area contributed by atoms with Crippen molar-refractivity contribution in [3.05, 3.63) is 54.1 Å². The molecule has 0 aliphatic rings. The van der Waals surface area contributed by atoms with Crippen molar-refractivity contribution in [3.63, 3.8) is 0 Å². The van der Waals surface area contributed by atoms with Crippen LogP contribution in [0.3, 0.4) is 0 Å². The van der Waals surface area contributed by atoms with E-state index in [1.807, 2.05) is 13.0 Å². The van der Waals surface area contributed by atoms with Gasteiger partial charge in [-0.05, 0) is 48.9 Å². The second-order valence-electron chi connectivity index (χ2n) is 3.92. The summed E-state index contributed by atoms with van der Waals surface area (Å²) < 4.78 is 29.0. The molecular weight excluding hydrogens is 250 g/mol. The van der Waals surface area contributed by atoms with Crippen LogP contribution in [0.5, 0.6) is 5.75 Å². The molecule has 18 heavy (non-hydrogen) atoms. The van der Waals surface area contributed by atoms with Crippen molar-refractivity contribution in [1.82, 2.24) is 0 Å². The van der Waals surface area contributed by atoms with Gasteiger partial charge in [-0.3, -0.25) is 0 Å². The van der Waals surface area contributed by atoms with Gasteiger partial charge in [-0.15, -0.1) is 0 Å². The van der Waals surface area contributed by atoms with E-state index >= 15 is 0 Å². The lowest BCUT2D eigenvalue weighted by Crippen LogP contribution is -2.09. The van der Waals surface area contributed by atoms with Crippen molar-refractivity contribution >= 4 is 15.8 Å². The molecule has 4 nitrogen and oxygen atoms in total. The Labute approximate surface area is 106 Å². The van der Waals surface area contributed by atoms with Gasteiger partial charge in [0, 0.05) is 5.69 Å². The fourth-order valence-corrected chi connectivity index (χ4v) is 2.40. The van der Waals surface area contributed by atoms with Crippen molar-refractivity contribution in [3.8, 4) is 5.75 Å². The summed E-state index contributed by atoms with van der Waals surface area (Å²) in [4.78, 5) is 0.0817. The lowest BCUT2D eigenvalue weighted by Gasteiger charge is -2.07. The highest BCUT2D eigenvalue weighted by molar-refractivity contribution is 7.87. The van der Waals surface area contributed by atoms with E-state index in [1.165, 1.54) is 24.3 Å². The second-order valence-corrected chi connectivity index (χ2v) is 5.47. The molecule has 0 fully saturated rings. The maximum Gasteiger partial charge on any atom is 0.339 e. The third-order valence-electron chi connectivity index (χ3n) is 2.36. The molecule has 0 aliphatic carbocycles. The average Bonchev–Trinajstić information content (AvgIpc) is 2.29. The summed E-state index contributed by atoms with van der Waals surface area (Å²) in [6.07, 6.45) is 0. The van der Waals surface area contributed by atoms with E-state index in [9.17, 15) is 8.42 Å². The van der Waals surface area contributed by atoms with E-state index < -0.39 is 10.1 Å². The number of nitrogen functional groups attached to an aromatic ring is 1. The molecule has 0 amide bonds. The Morgan fingerprint density at radius 1 is 1.06 bits per heavy atom. The number of anilines is 1. The second kappa shape index (κ2) is 4.70. The first-order valence-electron chi connectivity index (χ1n) is 5.34. The molecule has 0 aliphatic heterocycles. The predicted molar refractivity (Wildman–Crippen MR) is 69.8 cm³/mol. The Kier molecular flexibility index (Phi) is 3.25. The van der Waals surface area contributed by atoms with Crippen LogP contribution in [-0.2, 0) is 10.1 Å². The minimum atomic E-state index is -3.80. The molecule has 0 bridgehead atoms. The fourth-order valence-electron chi connectivity index (χ4n) is 1.48. The molecule has 5 heteroatoms. The SMILES string of the molecule is Cc1cccc(OS(=O)(=O)c2ccc(N)cc2)c1. The first kappa shape index (κ1) is 12.4. The first-order valence-corrected chi connectivity index (χ1v) is 6.75. The van der Waals surface area contributed by atoms with Crippen molar-refractivity contribution in [1.29, 1.82) is 0 Å². The number of nitrogens with two attached hydrogens (primary N) is 1. The summed E-state index contributed by atoms with van der Waals surface area (Å²) in [5.41, 5.74) is 6.94. The summed E-state index contributed by atoms with van der Waals surface area (Å²) in [6.45, 7) is 1.86. The number of benzene rings is 2. The van der Waals surface area contributed by atoms with Crippen molar-refractivity contribution in [2.75, 3.05) is 5.73 Å². The van der Waals surface area contributed by atoms with Gasteiger partial charge in [-0.2, -0.15) is 8.42 Å². The molecule has 0 saturated heterocycles. The first-order chi connectivity index (χ1) is 8.47. The van der Waals surface area contributed by atoms with Crippen LogP contribution in [0.4, 0.5) is 5.69 Å². The van der Waals surface area contributed by atoms with Crippen molar-refractivity contribution in [2.24, 2.45) is 0 Å². The lowest BCUT2D eigenvalue weighted by molar-refractivity contribution is 0.486. The fraction of sp³-hybridized carbons (Fsp3) is 0.0769. The van der Waals surface area contributed by atoms with Crippen molar-refractivity contribution < 1.29 is 12.6 Å². The largest absolute Gasteiger partial charge is 0.399 e. The van der Waals surface area contributed by atoms with E-state index in [4.69, 9.17) is 9.92 Å². The van der Waals surface area contributed by atoms with Gasteiger partial charge in [0.25, 0.3) is 0 Å². The molecule has 2 aromatic carbocycles. The zero-order valence-corrected chi connectivity index (χ0v) is 10.6. The van der Waals surface area contributed by atoms with Crippen LogP contribution in [0, 0.1) is 6.92 Å². The average molecular weight is 263 g/mol. The quantitative estimate of drug-likeness (QED) is 0.681. The zero-order chi connectivity index (χ0) is 13.2. The van der Waals surface area contributed by atoms with Crippen LogP contribution >= 0.6 is 0 Å². The van der Waals surface area contributed by atoms with Gasteiger partial charge in [0.15, 0.2) is 0 Å². The molecule has 0 radical (unpaired) electrons. The topological polar surface area (TPSA) is 69.4 Å². The standard InChI is InChI=1S/C13H13NO3S/c1-10-3-2-4-12(9-10)17-18(15,16)13-7-5-11(14)6-8-13/h2-9H,14H2,1H3. The van der Waals surface area contributed by atoms with E-state index in [1.54, 1.807) is 18.2 Å². The van der Waals surface area contributed by atoms with Crippen LogP contribution < -0.4 is 9.92 Å². The Morgan fingerprint density at radius 2 is 1.72 bits per heavy atom. The molecule has 0 saturated carbocycles. The molecule has 0 aromatic heterocycles. The summed E-state index contributed by atoms with van der Waals surface area (Å²) in [7, 11) is -3.80. The van der Waals surface area contributed by atoms with Gasteiger partial charge in [-0.25, -0.2) is 0 Å². The molecule has 0 spiro atoms. The summed E-state index contributed by atoms with van der Waals surface area (Å²) >= 11 is 0. The maximum atomic E-state index is 12.0. The van der Waals surface area contributed by atoms with Gasteiger partial charge in [0.05, 0.1) is 0 Å². The van der Waals surface area contributed by atoms with E-state index in [2.05, 4.69) is 0 Å². The Morgan fingerprint density at radius 3 is 2.33 bits per heavy atom. The maximum absolute atomic E-state index is 12.0. The van der Waals surface area contributed by atoms with Gasteiger partial charge < -0.3 is 9.92 Å². The molecule has 2 rings (SSSR count). The number of rotatable bonds is 3. The van der Waals surface area contributed by atoms with Gasteiger partial charge in [-0.1, -0.05) is 12.1 Å². The van der Waals surface area contributed by atoms with Crippen LogP contribution in [-0.4, -0.2) is 8.42 Å². The van der Waals surface area contributed by atoms with Gasteiger partial charge >= 0.3 is 10.1 Å². The van der Waals surface area contributed by atoms with E-state index in [0.29, 0.717) is 11.4 Å². The van der Waals surface area contributed by atoms with E-state index in [-0.39, 0.29) is 4.90 Å². The van der Waals surface area contributed by atoms with Crippen LogP contribution in [0.2, 0.25) is 0 Å². The molecular formula is C13H13NO3S. The number of hydrogen-bond donors (Lipinski definition) is 1. The lowest BCUT2D eigenvalue weighted by atomic mass is 10.2. The highest BCUT2D eigenvalue weighted by Crippen LogP contribution is 2.20. The monoisotopic (exact) mass is 263 g/mol. The van der Waals surface area contributed by atoms with E-state index in [0.717, 1.165) is 5.56 Å². The highest BCUT2D eigenvalue weighted by Gasteiger charge is 2.16. The van der Waals surface area contributed by atoms with Crippen LogP contribution in [0.15, 0.2) is 53.4 Å². The summed E-state index contributed by atoms with van der Waals surface area (Å²) in [6, 6.07) is 12.7. The predicted octanol–water partition coefficient (Wildman–Crippen LogP) is 2.34.